The molecular weight excluding hydrogens is 176 g/mol. The summed E-state index contributed by atoms with van der Waals surface area (Å²) in [6, 6.07) is 8.31. The van der Waals surface area contributed by atoms with Crippen molar-refractivity contribution in [3.05, 3.63) is 47.2 Å². The topological polar surface area (TPSA) is 18.5 Å². The van der Waals surface area contributed by atoms with Crippen LogP contribution in [-0.4, -0.2) is 13.4 Å². The lowest BCUT2D eigenvalue weighted by molar-refractivity contribution is 0.00589. The third-order valence-corrected chi connectivity index (χ3v) is 2.54. The molecule has 0 radical (unpaired) electrons. The smallest absolute Gasteiger partial charge is 0.188 e. The average molecular weight is 186 g/mol. The largest absolute Gasteiger partial charge is 0.474 e. The van der Waals surface area contributed by atoms with E-state index >= 15 is 0 Å². The molecular formula is C12H10O2. The molecule has 1 aromatic carbocycles. The van der Waals surface area contributed by atoms with E-state index in [2.05, 4.69) is 18.2 Å². The summed E-state index contributed by atoms with van der Waals surface area (Å²) in [5, 5.41) is 0. The van der Waals surface area contributed by atoms with Gasteiger partial charge in [-0.1, -0.05) is 24.3 Å². The molecule has 0 saturated heterocycles. The molecule has 70 valence electrons. The van der Waals surface area contributed by atoms with Crippen molar-refractivity contribution >= 4 is 11.6 Å². The third kappa shape index (κ3) is 1.08. The van der Waals surface area contributed by atoms with E-state index in [0.29, 0.717) is 13.4 Å². The number of ether oxygens (including phenoxy) is 2. The normalized spacial score (nSPS) is 18.6. The van der Waals surface area contributed by atoms with Crippen LogP contribution in [0.4, 0.5) is 0 Å². The van der Waals surface area contributed by atoms with Crippen molar-refractivity contribution in [2.45, 2.75) is 0 Å². The van der Waals surface area contributed by atoms with Crippen molar-refractivity contribution in [3.63, 3.8) is 0 Å². The van der Waals surface area contributed by atoms with Gasteiger partial charge in [0.2, 0.25) is 0 Å². The summed E-state index contributed by atoms with van der Waals surface area (Å²) in [6.45, 7) is 0.990. The molecule has 1 heterocycles. The van der Waals surface area contributed by atoms with Crippen LogP contribution in [0.1, 0.15) is 11.1 Å². The first-order chi connectivity index (χ1) is 6.95. The van der Waals surface area contributed by atoms with Crippen molar-refractivity contribution in [2.75, 3.05) is 13.4 Å². The molecule has 1 aliphatic heterocycles. The zero-order chi connectivity index (χ0) is 9.38. The monoisotopic (exact) mass is 186 g/mol. The van der Waals surface area contributed by atoms with Crippen LogP contribution in [0.2, 0.25) is 0 Å². The second kappa shape index (κ2) is 3.00. The van der Waals surface area contributed by atoms with Crippen LogP contribution in [0.5, 0.6) is 0 Å². The van der Waals surface area contributed by atoms with E-state index in [4.69, 9.17) is 9.47 Å². The minimum atomic E-state index is 0.350. The first-order valence-corrected chi connectivity index (χ1v) is 4.65. The van der Waals surface area contributed by atoms with Gasteiger partial charge in [-0.25, -0.2) is 0 Å². The van der Waals surface area contributed by atoms with Gasteiger partial charge < -0.3 is 9.47 Å². The van der Waals surface area contributed by atoms with Gasteiger partial charge in [-0.15, -0.1) is 0 Å². The second-order valence-corrected chi connectivity index (χ2v) is 3.42. The molecule has 1 aliphatic carbocycles. The Hall–Kier alpha value is -1.54. The first-order valence-electron chi connectivity index (χ1n) is 4.65. The summed E-state index contributed by atoms with van der Waals surface area (Å²) in [6.07, 6.45) is 3.96. The summed E-state index contributed by atoms with van der Waals surface area (Å²) >= 11 is 0. The van der Waals surface area contributed by atoms with Gasteiger partial charge in [0, 0.05) is 5.57 Å². The van der Waals surface area contributed by atoms with Crippen molar-refractivity contribution in [3.8, 4) is 0 Å². The lowest BCUT2D eigenvalue weighted by Crippen LogP contribution is -1.95. The summed E-state index contributed by atoms with van der Waals surface area (Å²) in [7, 11) is 0. The zero-order valence-corrected chi connectivity index (χ0v) is 7.69. The predicted octanol–water partition coefficient (Wildman–Crippen LogP) is 2.43. The molecule has 0 N–H and O–H groups in total. The molecule has 0 bridgehead atoms. The Morgan fingerprint density at radius 1 is 1.14 bits per heavy atom. The Labute approximate surface area is 82.5 Å². The molecule has 0 spiro atoms. The van der Waals surface area contributed by atoms with Gasteiger partial charge in [0.25, 0.3) is 0 Å². The van der Waals surface area contributed by atoms with E-state index in [9.17, 15) is 0 Å². The molecule has 0 saturated carbocycles. The fourth-order valence-electron chi connectivity index (χ4n) is 1.88. The Morgan fingerprint density at radius 3 is 3.07 bits per heavy atom. The third-order valence-electron chi connectivity index (χ3n) is 2.54. The highest BCUT2D eigenvalue weighted by Gasteiger charge is 2.20. The maximum Gasteiger partial charge on any atom is 0.188 e. The maximum absolute atomic E-state index is 5.30. The average Bonchev–Trinajstić information content (AvgIpc) is 2.42. The number of fused-ring (bicyclic) bond motifs is 3. The highest BCUT2D eigenvalue weighted by atomic mass is 16.7. The highest BCUT2D eigenvalue weighted by molar-refractivity contribution is 5.94. The van der Waals surface area contributed by atoms with Crippen molar-refractivity contribution in [1.29, 1.82) is 0 Å². The molecule has 0 aromatic heterocycles. The zero-order valence-electron chi connectivity index (χ0n) is 7.69. The molecule has 0 atom stereocenters. The van der Waals surface area contributed by atoms with Crippen molar-refractivity contribution in [1.82, 2.24) is 0 Å². The van der Waals surface area contributed by atoms with Gasteiger partial charge in [0.1, 0.15) is 0 Å². The molecule has 2 aliphatic rings. The Kier molecular flexibility index (Phi) is 1.67. The van der Waals surface area contributed by atoms with Crippen LogP contribution in [0, 0.1) is 0 Å². The number of hydrogen-bond donors (Lipinski definition) is 0. The molecule has 2 heteroatoms. The lowest BCUT2D eigenvalue weighted by Gasteiger charge is -2.01. The first kappa shape index (κ1) is 7.83. The van der Waals surface area contributed by atoms with Crippen LogP contribution in [0.3, 0.4) is 0 Å². The molecule has 0 unspecified atom stereocenters. The van der Waals surface area contributed by atoms with E-state index in [-0.39, 0.29) is 0 Å². The minimum absolute atomic E-state index is 0.350. The van der Waals surface area contributed by atoms with Gasteiger partial charge in [0.05, 0.1) is 12.9 Å². The number of benzene rings is 1. The van der Waals surface area contributed by atoms with E-state index in [1.165, 1.54) is 16.7 Å². The van der Waals surface area contributed by atoms with Crippen LogP contribution in [0.25, 0.3) is 11.6 Å². The van der Waals surface area contributed by atoms with Gasteiger partial charge in [-0.2, -0.15) is 0 Å². The number of rotatable bonds is 0. The fourth-order valence-corrected chi connectivity index (χ4v) is 1.88. The summed E-state index contributed by atoms with van der Waals surface area (Å²) < 4.78 is 10.5. The highest BCUT2D eigenvalue weighted by Crippen LogP contribution is 2.36. The molecule has 14 heavy (non-hydrogen) atoms. The standard InChI is InChI=1S/C12H10O2/c1-2-4-11-9(3-1)5-10-6-13-8-14-7-12(10)11/h1-5,7H,6,8H2. The van der Waals surface area contributed by atoms with E-state index in [0.717, 1.165) is 5.57 Å². The molecule has 0 fully saturated rings. The SMILES string of the molecule is C1=C2COCOC=C2c2ccccc21. The summed E-state index contributed by atoms with van der Waals surface area (Å²) in [5.74, 6) is 0. The van der Waals surface area contributed by atoms with Crippen LogP contribution < -0.4 is 0 Å². The fraction of sp³-hybridized carbons (Fsp3) is 0.167. The van der Waals surface area contributed by atoms with Crippen LogP contribution >= 0.6 is 0 Å². The Bertz CT molecular complexity index is 430. The maximum atomic E-state index is 5.30. The van der Waals surface area contributed by atoms with E-state index in [1.807, 2.05) is 12.1 Å². The lowest BCUT2D eigenvalue weighted by atomic mass is 10.1. The molecule has 0 amide bonds. The van der Waals surface area contributed by atoms with Gasteiger partial charge >= 0.3 is 0 Å². The second-order valence-electron chi connectivity index (χ2n) is 3.42. The molecule has 2 nitrogen and oxygen atoms in total. The van der Waals surface area contributed by atoms with Gasteiger partial charge in [-0.05, 0) is 22.8 Å². The minimum Gasteiger partial charge on any atom is -0.474 e. The van der Waals surface area contributed by atoms with Crippen LogP contribution in [0.15, 0.2) is 36.1 Å². The predicted molar refractivity (Wildman–Crippen MR) is 54.3 cm³/mol. The van der Waals surface area contributed by atoms with E-state index in [1.54, 1.807) is 6.26 Å². The summed E-state index contributed by atoms with van der Waals surface area (Å²) in [4.78, 5) is 0. The van der Waals surface area contributed by atoms with Crippen molar-refractivity contribution < 1.29 is 9.47 Å². The van der Waals surface area contributed by atoms with E-state index < -0.39 is 0 Å². The molecule has 1 aromatic rings. The Morgan fingerprint density at radius 2 is 2.07 bits per heavy atom. The van der Waals surface area contributed by atoms with Crippen LogP contribution in [-0.2, 0) is 9.47 Å². The van der Waals surface area contributed by atoms with Crippen molar-refractivity contribution in [2.24, 2.45) is 0 Å². The quantitative estimate of drug-likeness (QED) is 0.619. The number of hydrogen-bond acceptors (Lipinski definition) is 2. The Balaban J connectivity index is 2.15. The summed E-state index contributed by atoms with van der Waals surface area (Å²) in [5.41, 5.74) is 4.87. The van der Waals surface area contributed by atoms with Gasteiger partial charge in [-0.3, -0.25) is 0 Å². The van der Waals surface area contributed by atoms with Gasteiger partial charge in [0.15, 0.2) is 6.79 Å². The molecule has 3 rings (SSSR count).